The van der Waals surface area contributed by atoms with Gasteiger partial charge in [-0.15, -0.1) is 13.2 Å². The third-order valence-corrected chi connectivity index (χ3v) is 6.89. The van der Waals surface area contributed by atoms with E-state index in [1.54, 1.807) is 0 Å². The van der Waals surface area contributed by atoms with Gasteiger partial charge in [-0.05, 0) is 91.3 Å². The molecule has 1 nitrogen and oxygen atoms in total. The first-order valence-corrected chi connectivity index (χ1v) is 11.5. The van der Waals surface area contributed by atoms with E-state index in [-0.39, 0.29) is 0 Å². The highest BCUT2D eigenvalue weighted by Crippen LogP contribution is 2.48. The molecule has 0 radical (unpaired) electrons. The number of hydrogen-bond donors (Lipinski definition) is 0. The van der Waals surface area contributed by atoms with Crippen molar-refractivity contribution in [3.63, 3.8) is 0 Å². The van der Waals surface area contributed by atoms with Crippen LogP contribution in [0.1, 0.15) is 80.0 Å². The zero-order chi connectivity index (χ0) is 22.7. The van der Waals surface area contributed by atoms with Crippen LogP contribution in [0.25, 0.3) is 0 Å². The number of fused-ring (bicyclic) bond motifs is 3. The lowest BCUT2D eigenvalue weighted by Gasteiger charge is -2.40. The lowest BCUT2D eigenvalue weighted by molar-refractivity contribution is -0.275. The molecule has 1 fully saturated rings. The summed E-state index contributed by atoms with van der Waals surface area (Å²) in [7, 11) is 0. The van der Waals surface area contributed by atoms with Crippen molar-refractivity contribution in [1.29, 1.82) is 0 Å². The topological polar surface area (TPSA) is 9.23 Å². The van der Waals surface area contributed by atoms with Crippen molar-refractivity contribution in [2.24, 2.45) is 11.8 Å². The number of unbranched alkanes of at least 4 members (excludes halogenated alkanes) is 1. The molecule has 1 saturated carbocycles. The highest BCUT2D eigenvalue weighted by molar-refractivity contribution is 5.48. The number of ether oxygens (including phenoxy) is 1. The van der Waals surface area contributed by atoms with Gasteiger partial charge in [-0.3, -0.25) is 0 Å². The van der Waals surface area contributed by atoms with Crippen LogP contribution in [-0.2, 0) is 6.42 Å². The van der Waals surface area contributed by atoms with Gasteiger partial charge >= 0.3 is 6.36 Å². The summed E-state index contributed by atoms with van der Waals surface area (Å²) in [5.74, 6) is 6.27. The van der Waals surface area contributed by atoms with Crippen molar-refractivity contribution in [2.45, 2.75) is 70.6 Å². The number of benzene rings is 2. The van der Waals surface area contributed by atoms with Crippen LogP contribution in [0.3, 0.4) is 0 Å². The lowest BCUT2D eigenvalue weighted by Crippen LogP contribution is -2.28. The van der Waals surface area contributed by atoms with Crippen LogP contribution in [0.4, 0.5) is 17.6 Å². The molecule has 0 spiro atoms. The minimum atomic E-state index is -4.93. The Kier molecular flexibility index (Phi) is 6.79. The molecule has 5 heteroatoms. The normalized spacial score (nSPS) is 22.3. The standard InChI is InChI=1S/C27H28F4O/c1-2-3-4-18-7-12-23-21(15-18)10-11-22-16-19(8-13-24(22)23)5-6-20-9-14-26(25(28)17-20)32-27(29,30)31/h8-9,13-14,16-18,21,23H,2-4,7,10-12,15H2,1H3/t18-,21-,23+/m1/s1. The highest BCUT2D eigenvalue weighted by Gasteiger charge is 2.35. The van der Waals surface area contributed by atoms with E-state index in [2.05, 4.69) is 35.6 Å². The second kappa shape index (κ2) is 9.57. The van der Waals surface area contributed by atoms with Gasteiger partial charge in [0.15, 0.2) is 11.6 Å². The summed E-state index contributed by atoms with van der Waals surface area (Å²) >= 11 is 0. The zero-order valence-corrected chi connectivity index (χ0v) is 18.3. The molecule has 0 aromatic heterocycles. The van der Waals surface area contributed by atoms with Crippen LogP contribution in [0, 0.1) is 29.5 Å². The molecule has 32 heavy (non-hydrogen) atoms. The predicted octanol–water partition coefficient (Wildman–Crippen LogP) is 7.76. The van der Waals surface area contributed by atoms with E-state index in [1.807, 2.05) is 6.07 Å². The largest absolute Gasteiger partial charge is 0.573 e. The minimum absolute atomic E-state index is 0.306. The first-order chi connectivity index (χ1) is 15.3. The minimum Gasteiger partial charge on any atom is -0.403 e. The molecule has 0 unspecified atom stereocenters. The van der Waals surface area contributed by atoms with E-state index in [1.165, 1.54) is 62.1 Å². The molecular formula is C27H28F4O. The van der Waals surface area contributed by atoms with Gasteiger partial charge in [0.05, 0.1) is 0 Å². The van der Waals surface area contributed by atoms with Gasteiger partial charge in [-0.1, -0.05) is 44.1 Å². The fourth-order valence-corrected chi connectivity index (χ4v) is 5.38. The Morgan fingerprint density at radius 1 is 1.00 bits per heavy atom. The van der Waals surface area contributed by atoms with Crippen LogP contribution in [0.2, 0.25) is 0 Å². The molecule has 170 valence electrons. The van der Waals surface area contributed by atoms with Crippen molar-refractivity contribution in [2.75, 3.05) is 0 Å². The molecular weight excluding hydrogens is 416 g/mol. The molecule has 2 aliphatic rings. The van der Waals surface area contributed by atoms with Gasteiger partial charge in [0.25, 0.3) is 0 Å². The summed E-state index contributed by atoms with van der Waals surface area (Å²) in [5, 5.41) is 0. The van der Waals surface area contributed by atoms with Crippen molar-refractivity contribution in [3.05, 3.63) is 64.5 Å². The van der Waals surface area contributed by atoms with Crippen LogP contribution in [0.5, 0.6) is 5.75 Å². The van der Waals surface area contributed by atoms with Crippen LogP contribution in [0.15, 0.2) is 36.4 Å². The summed E-state index contributed by atoms with van der Waals surface area (Å²) < 4.78 is 54.4. The van der Waals surface area contributed by atoms with E-state index in [0.29, 0.717) is 11.5 Å². The molecule has 4 rings (SSSR count). The Labute approximate surface area is 187 Å². The smallest absolute Gasteiger partial charge is 0.403 e. The van der Waals surface area contributed by atoms with E-state index < -0.39 is 17.9 Å². The fourth-order valence-electron chi connectivity index (χ4n) is 5.38. The second-order valence-corrected chi connectivity index (χ2v) is 9.08. The molecule has 0 bridgehead atoms. The molecule has 0 N–H and O–H groups in total. The van der Waals surface area contributed by atoms with Crippen LogP contribution in [-0.4, -0.2) is 6.36 Å². The third-order valence-electron chi connectivity index (χ3n) is 6.89. The summed E-state index contributed by atoms with van der Waals surface area (Å²) in [4.78, 5) is 0. The monoisotopic (exact) mass is 444 g/mol. The van der Waals surface area contributed by atoms with E-state index >= 15 is 0 Å². The van der Waals surface area contributed by atoms with Crippen LogP contribution >= 0.6 is 0 Å². The SMILES string of the molecule is CCCC[C@@H]1CC[C@@H]2c3ccc(C#Cc4ccc(OC(F)(F)F)c(F)c4)cc3CC[C@@H]2C1. The van der Waals surface area contributed by atoms with Gasteiger partial charge in [-0.2, -0.15) is 0 Å². The Morgan fingerprint density at radius 3 is 2.47 bits per heavy atom. The van der Waals surface area contributed by atoms with Crippen molar-refractivity contribution in [3.8, 4) is 17.6 Å². The van der Waals surface area contributed by atoms with Crippen molar-refractivity contribution in [1.82, 2.24) is 0 Å². The van der Waals surface area contributed by atoms with Gasteiger partial charge in [0, 0.05) is 11.1 Å². The van der Waals surface area contributed by atoms with Gasteiger partial charge in [0.1, 0.15) is 0 Å². The molecule has 0 amide bonds. The maximum absolute atomic E-state index is 13.9. The number of halogens is 4. The van der Waals surface area contributed by atoms with E-state index in [0.717, 1.165) is 36.0 Å². The second-order valence-electron chi connectivity index (χ2n) is 9.08. The summed E-state index contributed by atoms with van der Waals surface area (Å²) in [5.41, 5.74) is 3.96. The fraction of sp³-hybridized carbons (Fsp3) is 0.481. The van der Waals surface area contributed by atoms with E-state index in [9.17, 15) is 17.6 Å². The first-order valence-electron chi connectivity index (χ1n) is 11.5. The average Bonchev–Trinajstić information content (AvgIpc) is 2.76. The molecule has 2 aromatic rings. The number of hydrogen-bond acceptors (Lipinski definition) is 1. The van der Waals surface area contributed by atoms with Crippen molar-refractivity contribution < 1.29 is 22.3 Å². The first kappa shape index (κ1) is 22.7. The number of aryl methyl sites for hydroxylation is 1. The van der Waals surface area contributed by atoms with Gasteiger partial charge in [-0.25, -0.2) is 4.39 Å². The third kappa shape index (κ3) is 5.46. The molecule has 0 aliphatic heterocycles. The zero-order valence-electron chi connectivity index (χ0n) is 18.3. The Balaban J connectivity index is 1.45. The number of alkyl halides is 3. The van der Waals surface area contributed by atoms with Gasteiger partial charge < -0.3 is 4.74 Å². The summed E-state index contributed by atoms with van der Waals surface area (Å²) in [6.45, 7) is 2.26. The molecule has 0 saturated heterocycles. The highest BCUT2D eigenvalue weighted by atomic mass is 19.4. The van der Waals surface area contributed by atoms with Crippen LogP contribution < -0.4 is 4.74 Å². The molecule has 2 aromatic carbocycles. The average molecular weight is 445 g/mol. The Morgan fingerprint density at radius 2 is 1.75 bits per heavy atom. The predicted molar refractivity (Wildman–Crippen MR) is 117 cm³/mol. The molecule has 3 atom stereocenters. The summed E-state index contributed by atoms with van der Waals surface area (Å²) in [6.07, 6.45) is 5.28. The summed E-state index contributed by atoms with van der Waals surface area (Å²) in [6, 6.07) is 9.58. The maximum atomic E-state index is 13.9. The Bertz CT molecular complexity index is 1010. The Hall–Kier alpha value is -2.48. The van der Waals surface area contributed by atoms with Crippen molar-refractivity contribution >= 4 is 0 Å². The van der Waals surface area contributed by atoms with E-state index in [4.69, 9.17) is 0 Å². The number of rotatable bonds is 4. The molecule has 0 heterocycles. The van der Waals surface area contributed by atoms with Gasteiger partial charge in [0.2, 0.25) is 0 Å². The maximum Gasteiger partial charge on any atom is 0.573 e. The quantitative estimate of drug-likeness (QED) is 0.346. The molecule has 2 aliphatic carbocycles. The lowest BCUT2D eigenvalue weighted by atomic mass is 9.64.